The zero-order valence-corrected chi connectivity index (χ0v) is 19.0. The standard InChI is InChI=1S/C25H18Cl2N2O4/c1-15-2-9-19(10-3-15)29-24(31)20(23(30)28-25(29)32)12-17-6-11-22(21(27)13-17)33-14-16-4-7-18(26)8-5-16/h2-13H,14H2,1H3,(H,28,30,32)/b20-12+. The Kier molecular flexibility index (Phi) is 6.49. The molecule has 4 rings (SSSR count). The molecule has 166 valence electrons. The molecule has 1 aliphatic heterocycles. The summed E-state index contributed by atoms with van der Waals surface area (Å²) < 4.78 is 5.75. The number of anilines is 1. The number of hydrogen-bond donors (Lipinski definition) is 1. The summed E-state index contributed by atoms with van der Waals surface area (Å²) in [4.78, 5) is 38.6. The van der Waals surface area contributed by atoms with Crippen molar-refractivity contribution in [1.29, 1.82) is 0 Å². The smallest absolute Gasteiger partial charge is 0.335 e. The third kappa shape index (κ3) is 5.08. The molecule has 1 aliphatic rings. The molecule has 6 nitrogen and oxygen atoms in total. The number of carbonyl (C=O) groups is 3. The molecule has 3 aromatic rings. The lowest BCUT2D eigenvalue weighted by Gasteiger charge is -2.26. The molecule has 0 aliphatic carbocycles. The van der Waals surface area contributed by atoms with Crippen LogP contribution < -0.4 is 15.0 Å². The van der Waals surface area contributed by atoms with E-state index in [4.69, 9.17) is 27.9 Å². The first-order chi connectivity index (χ1) is 15.8. The second kappa shape index (κ2) is 9.48. The summed E-state index contributed by atoms with van der Waals surface area (Å²) in [7, 11) is 0. The van der Waals surface area contributed by atoms with Crippen LogP contribution in [0.1, 0.15) is 16.7 Å². The van der Waals surface area contributed by atoms with Crippen LogP contribution in [0.3, 0.4) is 0 Å². The van der Waals surface area contributed by atoms with Gasteiger partial charge in [0.05, 0.1) is 10.7 Å². The van der Waals surface area contributed by atoms with Crippen LogP contribution in [0.25, 0.3) is 6.08 Å². The molecule has 3 aromatic carbocycles. The van der Waals surface area contributed by atoms with Gasteiger partial charge in [-0.15, -0.1) is 0 Å². The van der Waals surface area contributed by atoms with Gasteiger partial charge in [-0.3, -0.25) is 14.9 Å². The maximum absolute atomic E-state index is 13.0. The average molecular weight is 481 g/mol. The van der Waals surface area contributed by atoms with Gasteiger partial charge in [-0.25, -0.2) is 9.69 Å². The number of ether oxygens (including phenoxy) is 1. The Morgan fingerprint density at radius 2 is 1.64 bits per heavy atom. The summed E-state index contributed by atoms with van der Waals surface area (Å²) in [6.07, 6.45) is 1.39. The fraction of sp³-hybridized carbons (Fsp3) is 0.0800. The van der Waals surface area contributed by atoms with Gasteiger partial charge in [0.2, 0.25) is 0 Å². The van der Waals surface area contributed by atoms with E-state index in [1.165, 1.54) is 6.08 Å². The molecular weight excluding hydrogens is 463 g/mol. The van der Waals surface area contributed by atoms with Crippen molar-refractivity contribution in [3.63, 3.8) is 0 Å². The highest BCUT2D eigenvalue weighted by molar-refractivity contribution is 6.39. The van der Waals surface area contributed by atoms with Crippen molar-refractivity contribution in [2.75, 3.05) is 4.90 Å². The van der Waals surface area contributed by atoms with E-state index in [0.29, 0.717) is 33.7 Å². The Bertz CT molecular complexity index is 1270. The van der Waals surface area contributed by atoms with Gasteiger partial charge in [0.1, 0.15) is 17.9 Å². The van der Waals surface area contributed by atoms with Crippen LogP contribution in [0.4, 0.5) is 10.5 Å². The highest BCUT2D eigenvalue weighted by Crippen LogP contribution is 2.28. The molecule has 8 heteroatoms. The number of barbiturate groups is 1. The Morgan fingerprint density at radius 3 is 2.30 bits per heavy atom. The van der Waals surface area contributed by atoms with Crippen molar-refractivity contribution in [1.82, 2.24) is 5.32 Å². The fourth-order valence-electron chi connectivity index (χ4n) is 3.22. The summed E-state index contributed by atoms with van der Waals surface area (Å²) in [5.74, 6) is -1.04. The number of halogens is 2. The number of carbonyl (C=O) groups excluding carboxylic acids is 3. The van der Waals surface area contributed by atoms with Crippen molar-refractivity contribution in [2.45, 2.75) is 13.5 Å². The number of nitrogens with zero attached hydrogens (tertiary/aromatic N) is 1. The largest absolute Gasteiger partial charge is 0.487 e. The molecule has 0 atom stereocenters. The molecule has 1 saturated heterocycles. The van der Waals surface area contributed by atoms with Gasteiger partial charge in [-0.1, -0.05) is 59.1 Å². The molecule has 33 heavy (non-hydrogen) atoms. The van der Waals surface area contributed by atoms with E-state index in [0.717, 1.165) is 16.0 Å². The third-order valence-corrected chi connectivity index (χ3v) is 5.52. The Hall–Kier alpha value is -3.61. The van der Waals surface area contributed by atoms with Crippen LogP contribution in [-0.2, 0) is 16.2 Å². The molecular formula is C25H18Cl2N2O4. The molecule has 0 unspecified atom stereocenters. The van der Waals surface area contributed by atoms with Crippen LogP contribution in [-0.4, -0.2) is 17.8 Å². The number of hydrogen-bond acceptors (Lipinski definition) is 4. The minimum absolute atomic E-state index is 0.180. The van der Waals surface area contributed by atoms with Crippen molar-refractivity contribution >= 4 is 52.8 Å². The van der Waals surface area contributed by atoms with E-state index in [9.17, 15) is 14.4 Å². The van der Waals surface area contributed by atoms with Crippen molar-refractivity contribution < 1.29 is 19.1 Å². The monoisotopic (exact) mass is 480 g/mol. The molecule has 1 heterocycles. The van der Waals surface area contributed by atoms with Gasteiger partial charge in [0.15, 0.2) is 0 Å². The van der Waals surface area contributed by atoms with Crippen LogP contribution in [0, 0.1) is 6.92 Å². The van der Waals surface area contributed by atoms with E-state index in [1.807, 2.05) is 19.1 Å². The molecule has 0 saturated carbocycles. The minimum Gasteiger partial charge on any atom is -0.487 e. The van der Waals surface area contributed by atoms with E-state index >= 15 is 0 Å². The molecule has 4 amide bonds. The van der Waals surface area contributed by atoms with E-state index in [2.05, 4.69) is 5.32 Å². The lowest BCUT2D eigenvalue weighted by atomic mass is 10.1. The number of benzene rings is 3. The van der Waals surface area contributed by atoms with Crippen molar-refractivity contribution in [3.8, 4) is 5.75 Å². The number of aryl methyl sites for hydroxylation is 1. The number of amides is 4. The second-order valence-electron chi connectivity index (χ2n) is 7.40. The highest BCUT2D eigenvalue weighted by atomic mass is 35.5. The first-order valence-electron chi connectivity index (χ1n) is 9.97. The van der Waals surface area contributed by atoms with Gasteiger partial charge >= 0.3 is 6.03 Å². The number of imide groups is 2. The topological polar surface area (TPSA) is 75.7 Å². The lowest BCUT2D eigenvalue weighted by Crippen LogP contribution is -2.54. The van der Waals surface area contributed by atoms with Crippen molar-refractivity contribution in [2.24, 2.45) is 0 Å². The van der Waals surface area contributed by atoms with Gasteiger partial charge < -0.3 is 4.74 Å². The lowest BCUT2D eigenvalue weighted by molar-refractivity contribution is -0.122. The molecule has 1 N–H and O–H groups in total. The summed E-state index contributed by atoms with van der Waals surface area (Å²) in [6, 6.07) is 18.2. The first kappa shape index (κ1) is 22.6. The average Bonchev–Trinajstić information content (AvgIpc) is 2.78. The fourth-order valence-corrected chi connectivity index (χ4v) is 3.59. The predicted molar refractivity (Wildman–Crippen MR) is 127 cm³/mol. The summed E-state index contributed by atoms with van der Waals surface area (Å²) in [6.45, 7) is 2.19. The summed E-state index contributed by atoms with van der Waals surface area (Å²) >= 11 is 12.2. The minimum atomic E-state index is -0.796. The van der Waals surface area contributed by atoms with E-state index in [1.54, 1.807) is 54.6 Å². The molecule has 0 radical (unpaired) electrons. The zero-order valence-electron chi connectivity index (χ0n) is 17.5. The molecule has 0 bridgehead atoms. The Labute approximate surface area is 200 Å². The highest BCUT2D eigenvalue weighted by Gasteiger charge is 2.36. The van der Waals surface area contributed by atoms with Crippen LogP contribution in [0.2, 0.25) is 10.0 Å². The quantitative estimate of drug-likeness (QED) is 0.383. The molecule has 1 fully saturated rings. The summed E-state index contributed by atoms with van der Waals surface area (Å²) in [5.41, 5.74) is 2.59. The SMILES string of the molecule is Cc1ccc(N2C(=O)NC(=O)/C(=C\c3ccc(OCc4ccc(Cl)cc4)c(Cl)c3)C2=O)cc1. The van der Waals surface area contributed by atoms with Gasteiger partial charge in [0, 0.05) is 5.02 Å². The Morgan fingerprint density at radius 1 is 0.939 bits per heavy atom. The van der Waals surface area contributed by atoms with Gasteiger partial charge in [-0.05, 0) is 60.5 Å². The van der Waals surface area contributed by atoms with Gasteiger partial charge in [0.25, 0.3) is 11.8 Å². The van der Waals surface area contributed by atoms with Gasteiger partial charge in [-0.2, -0.15) is 0 Å². The van der Waals surface area contributed by atoms with Crippen LogP contribution in [0.5, 0.6) is 5.75 Å². The third-order valence-electron chi connectivity index (χ3n) is 4.97. The molecule has 0 aromatic heterocycles. The number of nitrogens with one attached hydrogen (secondary N) is 1. The predicted octanol–water partition coefficient (Wildman–Crippen LogP) is 5.55. The Balaban J connectivity index is 1.55. The number of urea groups is 1. The molecule has 0 spiro atoms. The maximum atomic E-state index is 13.0. The second-order valence-corrected chi connectivity index (χ2v) is 8.24. The van der Waals surface area contributed by atoms with E-state index in [-0.39, 0.29) is 5.57 Å². The zero-order chi connectivity index (χ0) is 23.5. The van der Waals surface area contributed by atoms with Crippen LogP contribution in [0.15, 0.2) is 72.3 Å². The summed E-state index contributed by atoms with van der Waals surface area (Å²) in [5, 5.41) is 3.15. The van der Waals surface area contributed by atoms with E-state index < -0.39 is 17.8 Å². The maximum Gasteiger partial charge on any atom is 0.335 e. The van der Waals surface area contributed by atoms with Crippen molar-refractivity contribution in [3.05, 3.63) is 99.0 Å². The normalized spacial score (nSPS) is 15.1. The van der Waals surface area contributed by atoms with Crippen LogP contribution >= 0.6 is 23.2 Å². The first-order valence-corrected chi connectivity index (χ1v) is 10.7. The number of rotatable bonds is 5.